The van der Waals surface area contributed by atoms with Gasteiger partial charge in [-0.15, -0.1) is 0 Å². The Kier molecular flexibility index (Phi) is 4.46. The fourth-order valence-corrected chi connectivity index (χ4v) is 3.96. The predicted molar refractivity (Wildman–Crippen MR) is 94.1 cm³/mol. The largest absolute Gasteiger partial charge is 0.380 e. The first-order chi connectivity index (χ1) is 12.7. The van der Waals surface area contributed by atoms with Crippen LogP contribution in [0.5, 0.6) is 0 Å². The number of pyridine rings is 1. The summed E-state index contributed by atoms with van der Waals surface area (Å²) >= 11 is 0. The Morgan fingerprint density at radius 2 is 2.35 bits per heavy atom. The van der Waals surface area contributed by atoms with Gasteiger partial charge in [0.05, 0.1) is 18.8 Å². The van der Waals surface area contributed by atoms with Crippen LogP contribution in [0, 0.1) is 11.3 Å². The average Bonchev–Trinajstić information content (AvgIpc) is 3.36. The van der Waals surface area contributed by atoms with Gasteiger partial charge in [-0.1, -0.05) is 6.07 Å². The van der Waals surface area contributed by atoms with E-state index in [4.69, 9.17) is 4.74 Å². The number of aromatic amines is 1. The Morgan fingerprint density at radius 1 is 1.42 bits per heavy atom. The molecule has 0 radical (unpaired) electrons. The monoisotopic (exact) mass is 354 g/mol. The number of H-pyrrole nitrogens is 1. The SMILES string of the molecule is O=C(C[C@]12COC[C@H]1CN(C(=O)c1cc[nH]c1)C2)NCc1cccnc1. The van der Waals surface area contributed by atoms with Crippen molar-refractivity contribution >= 4 is 11.8 Å². The van der Waals surface area contributed by atoms with Crippen molar-refractivity contribution in [2.24, 2.45) is 11.3 Å². The summed E-state index contributed by atoms with van der Waals surface area (Å²) in [6, 6.07) is 5.56. The van der Waals surface area contributed by atoms with E-state index in [1.54, 1.807) is 30.9 Å². The zero-order chi connectivity index (χ0) is 18.0. The van der Waals surface area contributed by atoms with Crippen LogP contribution in [0.25, 0.3) is 0 Å². The van der Waals surface area contributed by atoms with Gasteiger partial charge in [0.2, 0.25) is 5.91 Å². The number of nitrogens with zero attached hydrogens (tertiary/aromatic N) is 2. The number of carbonyl (C=O) groups excluding carboxylic acids is 2. The lowest BCUT2D eigenvalue weighted by molar-refractivity contribution is -0.123. The minimum atomic E-state index is -0.287. The maximum absolute atomic E-state index is 12.6. The number of fused-ring (bicyclic) bond motifs is 1. The van der Waals surface area contributed by atoms with Gasteiger partial charge < -0.3 is 19.9 Å². The Balaban J connectivity index is 1.39. The Hall–Kier alpha value is -2.67. The first-order valence-electron chi connectivity index (χ1n) is 8.82. The van der Waals surface area contributed by atoms with Crippen LogP contribution >= 0.6 is 0 Å². The van der Waals surface area contributed by atoms with Crippen LogP contribution in [-0.4, -0.2) is 53.0 Å². The molecule has 4 heterocycles. The molecule has 0 aliphatic carbocycles. The van der Waals surface area contributed by atoms with Gasteiger partial charge in [-0.2, -0.15) is 0 Å². The van der Waals surface area contributed by atoms with Crippen molar-refractivity contribution in [3.05, 3.63) is 54.1 Å². The van der Waals surface area contributed by atoms with E-state index < -0.39 is 0 Å². The van der Waals surface area contributed by atoms with E-state index in [2.05, 4.69) is 15.3 Å². The summed E-state index contributed by atoms with van der Waals surface area (Å²) in [5, 5.41) is 2.96. The third-order valence-corrected chi connectivity index (χ3v) is 5.38. The van der Waals surface area contributed by atoms with Gasteiger partial charge in [0.25, 0.3) is 5.91 Å². The van der Waals surface area contributed by atoms with E-state index in [0.29, 0.717) is 44.8 Å². The molecular weight excluding hydrogens is 332 g/mol. The molecule has 2 fully saturated rings. The topological polar surface area (TPSA) is 87.3 Å². The van der Waals surface area contributed by atoms with Crippen LogP contribution in [0.15, 0.2) is 43.0 Å². The Labute approximate surface area is 151 Å². The van der Waals surface area contributed by atoms with Gasteiger partial charge in [-0.05, 0) is 17.7 Å². The van der Waals surface area contributed by atoms with E-state index in [9.17, 15) is 9.59 Å². The molecule has 4 rings (SSSR count). The van der Waals surface area contributed by atoms with Crippen LogP contribution < -0.4 is 5.32 Å². The van der Waals surface area contributed by atoms with Crippen molar-refractivity contribution in [1.82, 2.24) is 20.2 Å². The molecule has 2 aliphatic heterocycles. The molecule has 0 unspecified atom stereocenters. The van der Waals surface area contributed by atoms with Gasteiger partial charge >= 0.3 is 0 Å². The van der Waals surface area contributed by atoms with Crippen LogP contribution in [0.3, 0.4) is 0 Å². The fourth-order valence-electron chi connectivity index (χ4n) is 3.96. The fraction of sp³-hybridized carbons (Fsp3) is 0.421. The Bertz CT molecular complexity index is 777. The lowest BCUT2D eigenvalue weighted by Gasteiger charge is -2.26. The van der Waals surface area contributed by atoms with Crippen molar-refractivity contribution in [3.63, 3.8) is 0 Å². The molecule has 2 amide bonds. The minimum Gasteiger partial charge on any atom is -0.380 e. The second kappa shape index (κ2) is 6.92. The predicted octanol–water partition coefficient (Wildman–Crippen LogP) is 1.20. The quantitative estimate of drug-likeness (QED) is 0.845. The molecule has 136 valence electrons. The summed E-state index contributed by atoms with van der Waals surface area (Å²) < 4.78 is 5.66. The van der Waals surface area contributed by atoms with Gasteiger partial charge in [0.15, 0.2) is 0 Å². The molecule has 0 saturated carbocycles. The van der Waals surface area contributed by atoms with Crippen molar-refractivity contribution in [2.45, 2.75) is 13.0 Å². The zero-order valence-corrected chi connectivity index (χ0v) is 14.5. The van der Waals surface area contributed by atoms with Gasteiger partial charge in [0.1, 0.15) is 0 Å². The second-order valence-electron chi connectivity index (χ2n) is 7.17. The number of rotatable bonds is 5. The van der Waals surface area contributed by atoms with Crippen molar-refractivity contribution in [3.8, 4) is 0 Å². The highest BCUT2D eigenvalue weighted by molar-refractivity contribution is 5.94. The highest BCUT2D eigenvalue weighted by Gasteiger charge is 2.52. The molecular formula is C19H22N4O3. The van der Waals surface area contributed by atoms with Crippen molar-refractivity contribution < 1.29 is 14.3 Å². The molecule has 0 aromatic carbocycles. The molecule has 2 aliphatic rings. The summed E-state index contributed by atoms with van der Waals surface area (Å²) in [7, 11) is 0. The molecule has 7 nitrogen and oxygen atoms in total. The summed E-state index contributed by atoms with van der Waals surface area (Å²) in [6.07, 6.45) is 7.27. The second-order valence-corrected chi connectivity index (χ2v) is 7.17. The van der Waals surface area contributed by atoms with Crippen molar-refractivity contribution in [1.29, 1.82) is 0 Å². The lowest BCUT2D eigenvalue weighted by atomic mass is 9.78. The molecule has 0 bridgehead atoms. The van der Waals surface area contributed by atoms with E-state index in [0.717, 1.165) is 5.56 Å². The molecule has 0 spiro atoms. The normalized spacial score (nSPS) is 24.5. The van der Waals surface area contributed by atoms with Gasteiger partial charge in [-0.25, -0.2) is 0 Å². The van der Waals surface area contributed by atoms with Crippen molar-refractivity contribution in [2.75, 3.05) is 26.3 Å². The lowest BCUT2D eigenvalue weighted by Crippen LogP contribution is -2.38. The molecule has 2 saturated heterocycles. The first-order valence-corrected chi connectivity index (χ1v) is 8.82. The van der Waals surface area contributed by atoms with E-state index in [1.165, 1.54) is 0 Å². The smallest absolute Gasteiger partial charge is 0.255 e. The third-order valence-electron chi connectivity index (χ3n) is 5.38. The van der Waals surface area contributed by atoms with Crippen LogP contribution in [0.4, 0.5) is 0 Å². The molecule has 2 aromatic rings. The minimum absolute atomic E-state index is 0.00999. The van der Waals surface area contributed by atoms with Gasteiger partial charge in [0, 0.05) is 62.2 Å². The average molecular weight is 354 g/mol. The number of amides is 2. The molecule has 26 heavy (non-hydrogen) atoms. The molecule has 2 aromatic heterocycles. The number of likely N-dealkylation sites (tertiary alicyclic amines) is 1. The van der Waals surface area contributed by atoms with Gasteiger partial charge in [-0.3, -0.25) is 14.6 Å². The molecule has 2 atom stereocenters. The highest BCUT2D eigenvalue weighted by atomic mass is 16.5. The summed E-state index contributed by atoms with van der Waals surface area (Å²) in [6.45, 7) is 2.78. The standard InChI is InChI=1S/C19H22N4O3/c24-17(22-8-14-2-1-4-20-7-14)6-19-12-23(10-16(19)11-26-13-19)18(25)15-3-5-21-9-15/h1-5,7,9,16,21H,6,8,10-13H2,(H,22,24)/t16-,19+/m1/s1. The van der Waals surface area contributed by atoms with E-state index in [1.807, 2.05) is 17.0 Å². The molecule has 7 heteroatoms. The van der Waals surface area contributed by atoms with Crippen LogP contribution in [-0.2, 0) is 16.1 Å². The highest BCUT2D eigenvalue weighted by Crippen LogP contribution is 2.44. The Morgan fingerprint density at radius 3 is 3.12 bits per heavy atom. The third kappa shape index (κ3) is 3.22. The van der Waals surface area contributed by atoms with E-state index in [-0.39, 0.29) is 23.1 Å². The maximum Gasteiger partial charge on any atom is 0.255 e. The number of ether oxygens (including phenoxy) is 1. The first kappa shape index (κ1) is 16.8. The van der Waals surface area contributed by atoms with Crippen LogP contribution in [0.1, 0.15) is 22.3 Å². The number of carbonyl (C=O) groups is 2. The number of hydrogen-bond acceptors (Lipinski definition) is 4. The van der Waals surface area contributed by atoms with E-state index >= 15 is 0 Å². The molecule has 2 N–H and O–H groups in total. The number of aromatic nitrogens is 2. The number of nitrogens with one attached hydrogen (secondary N) is 2. The summed E-state index contributed by atoms with van der Waals surface area (Å²) in [5.41, 5.74) is 1.33. The summed E-state index contributed by atoms with van der Waals surface area (Å²) in [4.78, 5) is 34.0. The zero-order valence-electron chi connectivity index (χ0n) is 14.5. The number of hydrogen-bond donors (Lipinski definition) is 2. The summed E-state index contributed by atoms with van der Waals surface area (Å²) in [5.74, 6) is 0.200. The van der Waals surface area contributed by atoms with Crippen LogP contribution in [0.2, 0.25) is 0 Å². The maximum atomic E-state index is 12.6.